The zero-order valence-electron chi connectivity index (χ0n) is 21.3. The van der Waals surface area contributed by atoms with Crippen LogP contribution in [0.15, 0.2) is 71.1 Å². The zero-order valence-corrected chi connectivity index (χ0v) is 21.3. The van der Waals surface area contributed by atoms with E-state index in [1.165, 1.54) is 5.56 Å². The number of allylic oxidation sites excluding steroid dienone is 3. The van der Waals surface area contributed by atoms with Gasteiger partial charge in [-0.2, -0.15) is 0 Å². The van der Waals surface area contributed by atoms with Crippen LogP contribution in [0.4, 0.5) is 0 Å². The van der Waals surface area contributed by atoms with Gasteiger partial charge in [0.2, 0.25) is 0 Å². The van der Waals surface area contributed by atoms with Gasteiger partial charge in [0.15, 0.2) is 5.78 Å². The molecule has 0 bridgehead atoms. The molecular weight excluding hydrogens is 438 g/mol. The molecule has 2 aromatic carbocycles. The highest BCUT2D eigenvalue weighted by Gasteiger charge is 2.41. The van der Waals surface area contributed by atoms with E-state index in [0.717, 1.165) is 41.1 Å². The van der Waals surface area contributed by atoms with Gasteiger partial charge in [0.05, 0.1) is 18.8 Å². The van der Waals surface area contributed by atoms with Crippen molar-refractivity contribution in [2.45, 2.75) is 71.3 Å². The average Bonchev–Trinajstić information content (AvgIpc) is 2.87. The highest BCUT2D eigenvalue weighted by molar-refractivity contribution is 6.04. The monoisotopic (exact) mass is 473 g/mol. The molecule has 0 unspecified atom stereocenters. The fraction of sp³-hybridized carbons (Fsp3) is 0.400. The number of hydrogen-bond donors (Lipinski definition) is 1. The van der Waals surface area contributed by atoms with Crippen molar-refractivity contribution < 1.29 is 19.1 Å². The third-order valence-corrected chi connectivity index (χ3v) is 7.24. The molecule has 1 N–H and O–H groups in total. The minimum atomic E-state index is -0.432. The van der Waals surface area contributed by atoms with Crippen molar-refractivity contribution >= 4 is 11.8 Å². The second kappa shape index (κ2) is 10.5. The van der Waals surface area contributed by atoms with E-state index in [1.54, 1.807) is 7.11 Å². The fourth-order valence-electron chi connectivity index (χ4n) is 5.03. The summed E-state index contributed by atoms with van der Waals surface area (Å²) in [6.45, 7) is 7.91. The Kier molecular flexibility index (Phi) is 7.44. The number of benzene rings is 2. The normalized spacial score (nSPS) is 20.8. The maximum absolute atomic E-state index is 13.7. The number of hydrogen-bond acceptors (Lipinski definition) is 5. The van der Waals surface area contributed by atoms with Crippen molar-refractivity contribution in [2.24, 2.45) is 0 Å². The van der Waals surface area contributed by atoms with E-state index < -0.39 is 5.92 Å². The van der Waals surface area contributed by atoms with Gasteiger partial charge in [0.1, 0.15) is 5.75 Å². The Morgan fingerprint density at radius 3 is 2.29 bits per heavy atom. The molecule has 0 radical (unpaired) electrons. The van der Waals surface area contributed by atoms with Gasteiger partial charge in [-0.15, -0.1) is 0 Å². The summed E-state index contributed by atoms with van der Waals surface area (Å²) in [6.07, 6.45) is 2.59. The van der Waals surface area contributed by atoms with Gasteiger partial charge < -0.3 is 14.8 Å². The van der Waals surface area contributed by atoms with Crippen molar-refractivity contribution in [3.05, 3.63) is 87.8 Å². The van der Waals surface area contributed by atoms with Crippen molar-refractivity contribution in [3.63, 3.8) is 0 Å². The molecule has 0 aromatic heterocycles. The Morgan fingerprint density at radius 1 is 1.03 bits per heavy atom. The highest BCUT2D eigenvalue weighted by Crippen LogP contribution is 2.46. The van der Waals surface area contributed by atoms with Crippen molar-refractivity contribution in [1.82, 2.24) is 5.32 Å². The number of aryl methyl sites for hydroxylation is 1. The summed E-state index contributed by atoms with van der Waals surface area (Å²) in [5.41, 5.74) is 6.16. The number of carbonyl (C=O) groups is 2. The van der Waals surface area contributed by atoms with Crippen molar-refractivity contribution in [2.75, 3.05) is 7.11 Å². The first-order chi connectivity index (χ1) is 16.9. The fourth-order valence-corrected chi connectivity index (χ4v) is 5.03. The zero-order chi connectivity index (χ0) is 25.1. The van der Waals surface area contributed by atoms with E-state index in [9.17, 15) is 9.59 Å². The van der Waals surface area contributed by atoms with Crippen LogP contribution in [0, 0.1) is 0 Å². The molecule has 35 heavy (non-hydrogen) atoms. The first kappa shape index (κ1) is 24.8. The second-order valence-corrected chi connectivity index (χ2v) is 9.51. The molecule has 5 nitrogen and oxygen atoms in total. The molecule has 1 aliphatic heterocycles. The van der Waals surface area contributed by atoms with Gasteiger partial charge >= 0.3 is 5.97 Å². The average molecular weight is 474 g/mol. The summed E-state index contributed by atoms with van der Waals surface area (Å²) in [4.78, 5) is 27.0. The summed E-state index contributed by atoms with van der Waals surface area (Å²) < 4.78 is 11.0. The van der Waals surface area contributed by atoms with E-state index in [4.69, 9.17) is 9.47 Å². The molecule has 1 aliphatic carbocycles. The van der Waals surface area contributed by atoms with Crippen LogP contribution < -0.4 is 10.1 Å². The van der Waals surface area contributed by atoms with E-state index in [1.807, 2.05) is 57.2 Å². The Labute approximate surface area is 208 Å². The molecule has 184 valence electrons. The maximum Gasteiger partial charge on any atom is 0.337 e. The molecule has 2 aliphatic rings. The third-order valence-electron chi connectivity index (χ3n) is 7.24. The maximum atomic E-state index is 13.7. The number of methoxy groups -OCH3 is 1. The molecule has 1 heterocycles. The molecule has 0 spiro atoms. The number of ketones is 1. The standard InChI is InChI=1S/C30H35NO4/c1-6-18(3)35-30(33)27-19(4)31-25-16-23(21-12-14-24(34-5)15-13-21)17-26(32)29(25)28(27)22-10-8-20(7-2)9-11-22/h8-15,18,23,28,31H,6-7,16-17H2,1-5H3/t18-,23+,28+/m0/s1. The SMILES string of the molecule is CCc1ccc([C@@H]2C(C(=O)O[C@@H](C)CC)=C(C)NC3=C2C(=O)C[C@H](c2ccc(OC)cc2)C3)cc1. The summed E-state index contributed by atoms with van der Waals surface area (Å²) in [5.74, 6) is 0.156. The van der Waals surface area contributed by atoms with E-state index in [0.29, 0.717) is 24.0 Å². The highest BCUT2D eigenvalue weighted by atomic mass is 16.5. The largest absolute Gasteiger partial charge is 0.497 e. The summed E-state index contributed by atoms with van der Waals surface area (Å²) >= 11 is 0. The number of esters is 1. The van der Waals surface area contributed by atoms with Crippen molar-refractivity contribution in [1.29, 1.82) is 0 Å². The van der Waals surface area contributed by atoms with Gasteiger partial charge in [-0.25, -0.2) is 4.79 Å². The molecular formula is C30H35NO4. The van der Waals surface area contributed by atoms with E-state index in [2.05, 4.69) is 24.4 Å². The van der Waals surface area contributed by atoms with Crippen LogP contribution in [0.1, 0.15) is 75.5 Å². The van der Waals surface area contributed by atoms with Crippen LogP contribution in [-0.4, -0.2) is 25.0 Å². The van der Waals surface area contributed by atoms with Crippen LogP contribution in [0.2, 0.25) is 0 Å². The lowest BCUT2D eigenvalue weighted by Crippen LogP contribution is -2.36. The quantitative estimate of drug-likeness (QED) is 0.503. The molecule has 0 saturated heterocycles. The van der Waals surface area contributed by atoms with Gasteiger partial charge in [0.25, 0.3) is 0 Å². The van der Waals surface area contributed by atoms with Crippen LogP contribution >= 0.6 is 0 Å². The van der Waals surface area contributed by atoms with Gasteiger partial charge in [0, 0.05) is 29.3 Å². The molecule has 4 rings (SSSR count). The van der Waals surface area contributed by atoms with Crippen LogP contribution in [0.5, 0.6) is 5.75 Å². The Morgan fingerprint density at radius 2 is 1.69 bits per heavy atom. The summed E-state index contributed by atoms with van der Waals surface area (Å²) in [6, 6.07) is 16.2. The van der Waals surface area contributed by atoms with Gasteiger partial charge in [-0.3, -0.25) is 4.79 Å². The lowest BCUT2D eigenvalue weighted by atomic mass is 9.71. The summed E-state index contributed by atoms with van der Waals surface area (Å²) in [7, 11) is 1.65. The van der Waals surface area contributed by atoms with Crippen molar-refractivity contribution in [3.8, 4) is 5.75 Å². The van der Waals surface area contributed by atoms with Gasteiger partial charge in [-0.05, 0) is 67.9 Å². The number of nitrogens with one attached hydrogen (secondary N) is 1. The molecule has 0 fully saturated rings. The van der Waals surface area contributed by atoms with E-state index >= 15 is 0 Å². The minimum absolute atomic E-state index is 0.0733. The molecule has 0 amide bonds. The Balaban J connectivity index is 1.75. The lowest BCUT2D eigenvalue weighted by molar-refractivity contribution is -0.144. The number of rotatable bonds is 7. The first-order valence-corrected chi connectivity index (χ1v) is 12.5. The Hall–Kier alpha value is -3.34. The summed E-state index contributed by atoms with van der Waals surface area (Å²) in [5, 5.41) is 3.43. The Bertz CT molecular complexity index is 1160. The lowest BCUT2D eigenvalue weighted by Gasteiger charge is -2.37. The van der Waals surface area contributed by atoms with Crippen LogP contribution in [-0.2, 0) is 20.7 Å². The number of ether oxygens (including phenoxy) is 2. The number of dihydropyridines is 1. The van der Waals surface area contributed by atoms with Gasteiger partial charge in [-0.1, -0.05) is 50.2 Å². The topological polar surface area (TPSA) is 64.6 Å². The smallest absolute Gasteiger partial charge is 0.337 e. The molecule has 5 heteroatoms. The number of Topliss-reactive ketones (excluding diaryl/α,β-unsaturated/α-hetero) is 1. The predicted octanol–water partition coefficient (Wildman–Crippen LogP) is 5.96. The minimum Gasteiger partial charge on any atom is -0.497 e. The molecule has 3 atom stereocenters. The van der Waals surface area contributed by atoms with E-state index in [-0.39, 0.29) is 23.8 Å². The number of carbonyl (C=O) groups excluding carboxylic acids is 2. The predicted molar refractivity (Wildman–Crippen MR) is 137 cm³/mol. The molecule has 0 saturated carbocycles. The van der Waals surface area contributed by atoms with Crippen LogP contribution in [0.25, 0.3) is 0 Å². The second-order valence-electron chi connectivity index (χ2n) is 9.51. The third kappa shape index (κ3) is 5.04. The first-order valence-electron chi connectivity index (χ1n) is 12.5. The molecule has 2 aromatic rings. The van der Waals surface area contributed by atoms with Crippen LogP contribution in [0.3, 0.4) is 0 Å².